The SMILES string of the molecule is COCCCN1C(=O)S/C(=C/c2ccc(Cl)s2)C1=O. The quantitative estimate of drug-likeness (QED) is 0.616. The molecular weight excluding hydrogens is 306 g/mol. The molecule has 1 aliphatic rings. The first-order valence-electron chi connectivity index (χ1n) is 5.61. The van der Waals surface area contributed by atoms with E-state index in [0.29, 0.717) is 28.8 Å². The highest BCUT2D eigenvalue weighted by molar-refractivity contribution is 8.18. The summed E-state index contributed by atoms with van der Waals surface area (Å²) in [5, 5.41) is -0.227. The number of thiophene rings is 1. The van der Waals surface area contributed by atoms with E-state index in [9.17, 15) is 9.59 Å². The second kappa shape index (κ2) is 6.56. The highest BCUT2D eigenvalue weighted by Gasteiger charge is 2.34. The van der Waals surface area contributed by atoms with Gasteiger partial charge in [0.1, 0.15) is 0 Å². The lowest BCUT2D eigenvalue weighted by atomic mass is 10.3. The lowest BCUT2D eigenvalue weighted by molar-refractivity contribution is -0.122. The highest BCUT2D eigenvalue weighted by Crippen LogP contribution is 2.34. The van der Waals surface area contributed by atoms with Crippen LogP contribution >= 0.6 is 34.7 Å². The molecule has 19 heavy (non-hydrogen) atoms. The first-order chi connectivity index (χ1) is 9.11. The van der Waals surface area contributed by atoms with Gasteiger partial charge in [-0.1, -0.05) is 11.6 Å². The molecule has 1 fully saturated rings. The summed E-state index contributed by atoms with van der Waals surface area (Å²) in [7, 11) is 1.59. The van der Waals surface area contributed by atoms with Crippen LogP contribution < -0.4 is 0 Å². The van der Waals surface area contributed by atoms with Crippen molar-refractivity contribution in [2.75, 3.05) is 20.3 Å². The van der Waals surface area contributed by atoms with Crippen LogP contribution in [-0.2, 0) is 9.53 Å². The minimum atomic E-state index is -0.240. The normalized spacial score (nSPS) is 17.8. The minimum absolute atomic E-state index is 0.227. The molecule has 2 rings (SSSR count). The van der Waals surface area contributed by atoms with Gasteiger partial charge in [0.2, 0.25) is 0 Å². The number of amides is 2. The van der Waals surface area contributed by atoms with Crippen LogP contribution in [0.25, 0.3) is 6.08 Å². The lowest BCUT2D eigenvalue weighted by Crippen LogP contribution is -2.29. The topological polar surface area (TPSA) is 46.6 Å². The maximum absolute atomic E-state index is 12.1. The zero-order valence-electron chi connectivity index (χ0n) is 10.2. The van der Waals surface area contributed by atoms with Crippen molar-refractivity contribution in [2.45, 2.75) is 6.42 Å². The van der Waals surface area contributed by atoms with Crippen molar-refractivity contribution >= 4 is 51.9 Å². The number of imide groups is 1. The Morgan fingerprint density at radius 1 is 1.42 bits per heavy atom. The highest BCUT2D eigenvalue weighted by atomic mass is 35.5. The van der Waals surface area contributed by atoms with Crippen LogP contribution in [0, 0.1) is 0 Å². The zero-order valence-corrected chi connectivity index (χ0v) is 12.6. The maximum Gasteiger partial charge on any atom is 0.293 e. The molecule has 1 saturated heterocycles. The Hall–Kier alpha value is -0.820. The maximum atomic E-state index is 12.1. The van der Waals surface area contributed by atoms with Crippen molar-refractivity contribution in [3.05, 3.63) is 26.3 Å². The van der Waals surface area contributed by atoms with Crippen molar-refractivity contribution in [3.8, 4) is 0 Å². The van der Waals surface area contributed by atoms with Crippen molar-refractivity contribution in [1.29, 1.82) is 0 Å². The van der Waals surface area contributed by atoms with Gasteiger partial charge in [-0.05, 0) is 36.4 Å². The van der Waals surface area contributed by atoms with E-state index < -0.39 is 0 Å². The van der Waals surface area contributed by atoms with Crippen molar-refractivity contribution < 1.29 is 14.3 Å². The van der Waals surface area contributed by atoms with Gasteiger partial charge in [-0.15, -0.1) is 11.3 Å². The molecule has 0 radical (unpaired) electrons. The average molecular weight is 318 g/mol. The van der Waals surface area contributed by atoms with Crippen molar-refractivity contribution in [1.82, 2.24) is 4.90 Å². The largest absolute Gasteiger partial charge is 0.385 e. The number of ether oxygens (including phenoxy) is 1. The van der Waals surface area contributed by atoms with Gasteiger partial charge in [0, 0.05) is 25.1 Å². The Labute approximate surface area is 124 Å². The lowest BCUT2D eigenvalue weighted by Gasteiger charge is -2.11. The number of carbonyl (C=O) groups excluding carboxylic acids is 2. The summed E-state index contributed by atoms with van der Waals surface area (Å²) >= 11 is 8.17. The van der Waals surface area contributed by atoms with Gasteiger partial charge in [0.25, 0.3) is 11.1 Å². The van der Waals surface area contributed by atoms with Crippen LogP contribution in [0.2, 0.25) is 4.34 Å². The smallest absolute Gasteiger partial charge is 0.293 e. The van der Waals surface area contributed by atoms with E-state index in [1.54, 1.807) is 19.3 Å². The molecule has 0 aliphatic carbocycles. The Morgan fingerprint density at radius 3 is 2.84 bits per heavy atom. The molecule has 0 unspecified atom stereocenters. The number of thioether (sulfide) groups is 1. The summed E-state index contributed by atoms with van der Waals surface area (Å²) < 4.78 is 5.57. The summed E-state index contributed by atoms with van der Waals surface area (Å²) in [5.41, 5.74) is 0. The molecule has 2 amide bonds. The van der Waals surface area contributed by atoms with E-state index in [2.05, 4.69) is 0 Å². The Morgan fingerprint density at radius 2 is 2.21 bits per heavy atom. The number of halogens is 1. The number of rotatable bonds is 5. The van der Waals surface area contributed by atoms with E-state index in [-0.39, 0.29) is 11.1 Å². The van der Waals surface area contributed by atoms with Gasteiger partial charge in [0.15, 0.2) is 0 Å². The Bertz CT molecular complexity index is 527. The third-order valence-corrected chi connectivity index (χ3v) is 4.56. The molecule has 0 spiro atoms. The van der Waals surface area contributed by atoms with Gasteiger partial charge in [-0.25, -0.2) is 0 Å². The summed E-state index contributed by atoms with van der Waals surface area (Å²) in [4.78, 5) is 26.4. The third kappa shape index (κ3) is 3.60. The van der Waals surface area contributed by atoms with Crippen LogP contribution in [0.5, 0.6) is 0 Å². The van der Waals surface area contributed by atoms with Crippen LogP contribution in [0.3, 0.4) is 0 Å². The summed E-state index contributed by atoms with van der Waals surface area (Å²) in [5.74, 6) is -0.240. The molecule has 0 bridgehead atoms. The van der Waals surface area contributed by atoms with E-state index in [1.807, 2.05) is 6.07 Å². The molecular formula is C12H12ClNO3S2. The second-order valence-corrected chi connectivity index (χ2v) is 6.56. The molecule has 1 aromatic rings. The van der Waals surface area contributed by atoms with E-state index in [1.165, 1.54) is 16.2 Å². The van der Waals surface area contributed by atoms with Gasteiger partial charge in [0.05, 0.1) is 9.24 Å². The fourth-order valence-electron chi connectivity index (χ4n) is 1.59. The van der Waals surface area contributed by atoms with E-state index >= 15 is 0 Å². The molecule has 7 heteroatoms. The number of carbonyl (C=O) groups is 2. The van der Waals surface area contributed by atoms with Crippen LogP contribution in [0.15, 0.2) is 17.0 Å². The van der Waals surface area contributed by atoms with Gasteiger partial charge in [-0.2, -0.15) is 0 Å². The molecule has 0 atom stereocenters. The average Bonchev–Trinajstić information content (AvgIpc) is 2.88. The van der Waals surface area contributed by atoms with Crippen LogP contribution in [0.1, 0.15) is 11.3 Å². The number of nitrogens with zero attached hydrogens (tertiary/aromatic N) is 1. The minimum Gasteiger partial charge on any atom is -0.385 e. The number of hydrogen-bond donors (Lipinski definition) is 0. The monoisotopic (exact) mass is 317 g/mol. The second-order valence-electron chi connectivity index (χ2n) is 3.82. The summed E-state index contributed by atoms with van der Waals surface area (Å²) in [6, 6.07) is 3.59. The summed E-state index contributed by atoms with van der Waals surface area (Å²) in [6.45, 7) is 0.919. The van der Waals surface area contributed by atoms with Crippen LogP contribution in [-0.4, -0.2) is 36.3 Å². The predicted molar refractivity (Wildman–Crippen MR) is 78.5 cm³/mol. The third-order valence-electron chi connectivity index (χ3n) is 2.47. The first kappa shape index (κ1) is 14.6. The molecule has 102 valence electrons. The summed E-state index contributed by atoms with van der Waals surface area (Å²) in [6.07, 6.45) is 2.35. The standard InChI is InChI=1S/C12H12ClNO3S2/c1-17-6-2-5-14-11(15)9(19-12(14)16)7-8-3-4-10(13)18-8/h3-4,7H,2,5-6H2,1H3/b9-7+. The molecule has 0 N–H and O–H groups in total. The molecule has 1 aromatic heterocycles. The van der Waals surface area contributed by atoms with Crippen molar-refractivity contribution in [3.63, 3.8) is 0 Å². The molecule has 4 nitrogen and oxygen atoms in total. The molecule has 0 aromatic carbocycles. The Kier molecular flexibility index (Phi) is 5.04. The predicted octanol–water partition coefficient (Wildman–Crippen LogP) is 3.47. The van der Waals surface area contributed by atoms with E-state index in [0.717, 1.165) is 16.6 Å². The molecule has 1 aliphatic heterocycles. The fraction of sp³-hybridized carbons (Fsp3) is 0.333. The van der Waals surface area contributed by atoms with Crippen LogP contribution in [0.4, 0.5) is 4.79 Å². The first-order valence-corrected chi connectivity index (χ1v) is 7.62. The molecule has 2 heterocycles. The fourth-order valence-corrected chi connectivity index (χ4v) is 3.53. The number of hydrogen-bond acceptors (Lipinski definition) is 5. The zero-order chi connectivity index (χ0) is 13.8. The van der Waals surface area contributed by atoms with Gasteiger partial charge >= 0.3 is 0 Å². The number of methoxy groups -OCH3 is 1. The van der Waals surface area contributed by atoms with Gasteiger partial charge < -0.3 is 4.74 Å². The molecule has 0 saturated carbocycles. The van der Waals surface area contributed by atoms with Crippen molar-refractivity contribution in [2.24, 2.45) is 0 Å². The van der Waals surface area contributed by atoms with Gasteiger partial charge in [-0.3, -0.25) is 14.5 Å². The Balaban J connectivity index is 2.07. The van der Waals surface area contributed by atoms with E-state index in [4.69, 9.17) is 16.3 Å².